The molecule has 0 bridgehead atoms. The quantitative estimate of drug-likeness (QED) is 0.583. The monoisotopic (exact) mass is 513 g/mol. The Hall–Kier alpha value is -2.53. The van der Waals surface area contributed by atoms with E-state index in [1.54, 1.807) is 17.9 Å². The molecule has 0 radical (unpaired) electrons. The normalized spacial score (nSPS) is 16.7. The summed E-state index contributed by atoms with van der Waals surface area (Å²) in [4.78, 5) is 16.0. The first-order valence-corrected chi connectivity index (χ1v) is 10.0. The van der Waals surface area contributed by atoms with Crippen molar-refractivity contribution in [3.05, 3.63) is 64.5 Å². The molecule has 1 saturated heterocycles. The van der Waals surface area contributed by atoms with E-state index in [9.17, 15) is 35.5 Å². The number of alkyl halides is 6. The fourth-order valence-corrected chi connectivity index (χ4v) is 3.87. The highest BCUT2D eigenvalue weighted by atomic mass is 35.5. The van der Waals surface area contributed by atoms with Crippen LogP contribution < -0.4 is 10.2 Å². The number of nitrogens with zero attached hydrogens (tertiary/aromatic N) is 2. The molecule has 0 saturated carbocycles. The fourth-order valence-electron chi connectivity index (χ4n) is 3.87. The van der Waals surface area contributed by atoms with Crippen LogP contribution in [0.5, 0.6) is 0 Å². The topological polar surface area (TPSA) is 35.6 Å². The van der Waals surface area contributed by atoms with E-state index in [-0.39, 0.29) is 30.6 Å². The molecule has 188 valence electrons. The van der Waals surface area contributed by atoms with Crippen LogP contribution in [0.2, 0.25) is 0 Å². The molecule has 0 spiro atoms. The van der Waals surface area contributed by atoms with Crippen LogP contribution in [-0.4, -0.2) is 43.5 Å². The minimum absolute atomic E-state index is 0. The van der Waals surface area contributed by atoms with Crippen molar-refractivity contribution in [3.63, 3.8) is 0 Å². The number of rotatable bonds is 4. The number of carbonyl (C=O) groups excluding carboxylic acids is 1. The van der Waals surface area contributed by atoms with Crippen LogP contribution in [0.15, 0.2) is 36.4 Å². The van der Waals surface area contributed by atoms with Gasteiger partial charge in [0.1, 0.15) is 11.9 Å². The van der Waals surface area contributed by atoms with Gasteiger partial charge >= 0.3 is 12.4 Å². The van der Waals surface area contributed by atoms with Gasteiger partial charge in [0, 0.05) is 38.9 Å². The Morgan fingerprint density at radius 2 is 1.65 bits per heavy atom. The Kier molecular flexibility index (Phi) is 8.47. The van der Waals surface area contributed by atoms with E-state index < -0.39 is 47.8 Å². The van der Waals surface area contributed by atoms with Crippen molar-refractivity contribution in [2.24, 2.45) is 0 Å². The molecular formula is C22H23ClF7N3O. The summed E-state index contributed by atoms with van der Waals surface area (Å²) in [5.74, 6) is -0.923. The third kappa shape index (κ3) is 6.32. The summed E-state index contributed by atoms with van der Waals surface area (Å²) >= 11 is 0. The molecule has 1 unspecified atom stereocenters. The minimum atomic E-state index is -4.97. The molecule has 0 aromatic heterocycles. The summed E-state index contributed by atoms with van der Waals surface area (Å²) in [6, 6.07) is 4.63. The Balaban J connectivity index is 0.00000408. The first kappa shape index (κ1) is 27.7. The number of nitrogens with one attached hydrogen (secondary N) is 1. The molecule has 2 aromatic rings. The second-order valence-electron chi connectivity index (χ2n) is 7.95. The lowest BCUT2D eigenvalue weighted by atomic mass is 10.0. The molecule has 1 fully saturated rings. The summed E-state index contributed by atoms with van der Waals surface area (Å²) in [5, 5.41) is 3.06. The van der Waals surface area contributed by atoms with Gasteiger partial charge in [-0.05, 0) is 54.4 Å². The van der Waals surface area contributed by atoms with Crippen molar-refractivity contribution in [2.75, 3.05) is 31.6 Å². The standard InChI is InChI=1S/C22H22F7N3O.ClH/c1-13-7-17(23)3-4-18(13)32-6-5-30-11-19(32)20(33)31(2)12-14-8-15(21(24,25)26)10-16(9-14)22(27,28)29;/h3-4,7-10,19,30H,5-6,11-12H2,1-2H3;1H. The third-order valence-corrected chi connectivity index (χ3v) is 5.44. The van der Waals surface area contributed by atoms with Crippen LogP contribution in [-0.2, 0) is 23.7 Å². The summed E-state index contributed by atoms with van der Waals surface area (Å²) in [6.07, 6.45) is -9.94. The van der Waals surface area contributed by atoms with Gasteiger partial charge < -0.3 is 15.1 Å². The number of hydrogen-bond donors (Lipinski definition) is 1. The molecule has 1 aliphatic rings. The zero-order valence-corrected chi connectivity index (χ0v) is 19.0. The number of hydrogen-bond acceptors (Lipinski definition) is 3. The molecular weight excluding hydrogens is 491 g/mol. The lowest BCUT2D eigenvalue weighted by Gasteiger charge is -2.39. The molecule has 2 aromatic carbocycles. The minimum Gasteiger partial charge on any atom is -0.357 e. The maximum atomic E-state index is 13.5. The molecule has 1 amide bonds. The Morgan fingerprint density at radius 1 is 1.06 bits per heavy atom. The zero-order valence-electron chi connectivity index (χ0n) is 18.2. The van der Waals surface area contributed by atoms with Crippen LogP contribution in [0.25, 0.3) is 0 Å². The van der Waals surface area contributed by atoms with Crippen LogP contribution in [0, 0.1) is 12.7 Å². The van der Waals surface area contributed by atoms with Crippen LogP contribution in [0.1, 0.15) is 22.3 Å². The molecule has 1 heterocycles. The number of likely N-dealkylation sites (N-methyl/N-ethyl adjacent to an activating group) is 1. The molecule has 1 N–H and O–H groups in total. The first-order valence-electron chi connectivity index (χ1n) is 10.0. The molecule has 0 aliphatic carbocycles. The number of piperazine rings is 1. The average Bonchev–Trinajstić information content (AvgIpc) is 2.72. The van der Waals surface area contributed by atoms with Crippen molar-refractivity contribution < 1.29 is 35.5 Å². The van der Waals surface area contributed by atoms with E-state index in [1.165, 1.54) is 19.2 Å². The third-order valence-electron chi connectivity index (χ3n) is 5.44. The molecule has 1 atom stereocenters. The highest BCUT2D eigenvalue weighted by molar-refractivity contribution is 5.86. The SMILES string of the molecule is Cc1cc(F)ccc1N1CCNCC1C(=O)N(C)Cc1cc(C(F)(F)F)cc(C(F)(F)F)c1.Cl. The van der Waals surface area contributed by atoms with Gasteiger partial charge in [0.25, 0.3) is 0 Å². The van der Waals surface area contributed by atoms with E-state index in [1.807, 2.05) is 0 Å². The predicted molar refractivity (Wildman–Crippen MR) is 115 cm³/mol. The lowest BCUT2D eigenvalue weighted by molar-refractivity contribution is -0.143. The number of halogens is 8. The number of benzene rings is 2. The van der Waals surface area contributed by atoms with Gasteiger partial charge in [0.15, 0.2) is 0 Å². The summed E-state index contributed by atoms with van der Waals surface area (Å²) in [6.45, 7) is 2.42. The second-order valence-corrected chi connectivity index (χ2v) is 7.95. The van der Waals surface area contributed by atoms with Gasteiger partial charge in [0.05, 0.1) is 11.1 Å². The average molecular weight is 514 g/mol. The summed E-state index contributed by atoms with van der Waals surface area (Å²) in [5.41, 5.74) is -1.93. The van der Waals surface area contributed by atoms with E-state index in [0.717, 1.165) is 4.90 Å². The van der Waals surface area contributed by atoms with E-state index >= 15 is 0 Å². The maximum absolute atomic E-state index is 13.5. The number of aryl methyl sites for hydroxylation is 1. The van der Waals surface area contributed by atoms with Gasteiger partial charge in [0.2, 0.25) is 5.91 Å². The lowest BCUT2D eigenvalue weighted by Crippen LogP contribution is -2.58. The van der Waals surface area contributed by atoms with Crippen molar-refractivity contribution >= 4 is 24.0 Å². The Morgan fingerprint density at radius 3 is 2.18 bits per heavy atom. The highest BCUT2D eigenvalue weighted by Gasteiger charge is 2.37. The smallest absolute Gasteiger partial charge is 0.357 e. The summed E-state index contributed by atoms with van der Waals surface area (Å²) in [7, 11) is 1.32. The largest absolute Gasteiger partial charge is 0.416 e. The van der Waals surface area contributed by atoms with Gasteiger partial charge in [-0.15, -0.1) is 12.4 Å². The van der Waals surface area contributed by atoms with Crippen molar-refractivity contribution in [3.8, 4) is 0 Å². The van der Waals surface area contributed by atoms with Crippen molar-refractivity contribution in [1.29, 1.82) is 0 Å². The summed E-state index contributed by atoms with van der Waals surface area (Å²) < 4.78 is 92.3. The molecule has 4 nitrogen and oxygen atoms in total. The van der Waals surface area contributed by atoms with Crippen LogP contribution in [0.4, 0.5) is 36.4 Å². The van der Waals surface area contributed by atoms with Gasteiger partial charge in [-0.2, -0.15) is 26.3 Å². The molecule has 1 aliphatic heterocycles. The van der Waals surface area contributed by atoms with Crippen molar-refractivity contribution in [1.82, 2.24) is 10.2 Å². The fraction of sp³-hybridized carbons (Fsp3) is 0.409. The highest BCUT2D eigenvalue weighted by Crippen LogP contribution is 2.36. The molecule has 12 heteroatoms. The first-order chi connectivity index (χ1) is 15.3. The van der Waals surface area contributed by atoms with Crippen LogP contribution >= 0.6 is 12.4 Å². The number of carbonyl (C=O) groups is 1. The maximum Gasteiger partial charge on any atom is 0.416 e. The number of amides is 1. The van der Waals surface area contributed by atoms with Crippen LogP contribution in [0.3, 0.4) is 0 Å². The number of anilines is 1. The molecule has 34 heavy (non-hydrogen) atoms. The predicted octanol–water partition coefficient (Wildman–Crippen LogP) is 5.03. The van der Waals surface area contributed by atoms with Gasteiger partial charge in [-0.1, -0.05) is 0 Å². The van der Waals surface area contributed by atoms with Gasteiger partial charge in [-0.25, -0.2) is 4.39 Å². The van der Waals surface area contributed by atoms with Crippen molar-refractivity contribution in [2.45, 2.75) is 31.9 Å². The molecule has 3 rings (SSSR count). The van der Waals surface area contributed by atoms with E-state index in [0.29, 0.717) is 36.5 Å². The second kappa shape index (κ2) is 10.4. The zero-order chi connectivity index (χ0) is 24.6. The van der Waals surface area contributed by atoms with Gasteiger partial charge in [-0.3, -0.25) is 4.79 Å². The Bertz CT molecular complexity index is 994. The van der Waals surface area contributed by atoms with E-state index in [4.69, 9.17) is 0 Å². The Labute approximate surface area is 198 Å². The van der Waals surface area contributed by atoms with E-state index in [2.05, 4.69) is 5.32 Å².